The number of para-hydroxylation sites is 1. The van der Waals surface area contributed by atoms with Gasteiger partial charge in [0, 0.05) is 6.54 Å². The first-order valence-electron chi connectivity index (χ1n) is 5.50. The van der Waals surface area contributed by atoms with Crippen LogP contribution < -0.4 is 9.46 Å². The number of ether oxygens (including phenoxy) is 1. The molecule has 0 fully saturated rings. The van der Waals surface area contributed by atoms with Crippen molar-refractivity contribution in [2.45, 2.75) is 4.21 Å². The largest absolute Gasteiger partial charge is 0.491 e. The molecule has 0 amide bonds. The fraction of sp³-hybridized carbons (Fsp3) is 0.167. The molecule has 2 rings (SSSR count). The summed E-state index contributed by atoms with van der Waals surface area (Å²) >= 11 is 7.09. The highest BCUT2D eigenvalue weighted by atomic mass is 35.5. The highest BCUT2D eigenvalue weighted by Gasteiger charge is 2.13. The lowest BCUT2D eigenvalue weighted by Gasteiger charge is -2.08. The minimum absolute atomic E-state index is 0.186. The van der Waals surface area contributed by atoms with Gasteiger partial charge in [0.25, 0.3) is 0 Å². The number of sulfonamides is 1. The maximum absolute atomic E-state index is 11.8. The molecule has 0 radical (unpaired) electrons. The molecule has 0 aliphatic rings. The van der Waals surface area contributed by atoms with Gasteiger partial charge in [-0.05, 0) is 23.6 Å². The van der Waals surface area contributed by atoms with Crippen molar-refractivity contribution in [3.05, 3.63) is 46.8 Å². The van der Waals surface area contributed by atoms with Crippen molar-refractivity contribution in [2.75, 3.05) is 13.2 Å². The Balaban J connectivity index is 1.83. The fourth-order valence-corrected chi connectivity index (χ4v) is 3.63. The Morgan fingerprint density at radius 1 is 1.21 bits per heavy atom. The smallest absolute Gasteiger partial charge is 0.250 e. The minimum atomic E-state index is -3.43. The Morgan fingerprint density at radius 3 is 2.68 bits per heavy atom. The van der Waals surface area contributed by atoms with E-state index in [-0.39, 0.29) is 13.2 Å². The Hall–Kier alpha value is -1.08. The van der Waals surface area contributed by atoms with E-state index in [9.17, 15) is 8.42 Å². The molecule has 0 unspecified atom stereocenters. The third-order valence-electron chi connectivity index (χ3n) is 2.25. The SMILES string of the molecule is O=S(=O)(NCCOc1ccccc1Cl)c1cccs1. The van der Waals surface area contributed by atoms with Crippen molar-refractivity contribution >= 4 is 33.0 Å². The van der Waals surface area contributed by atoms with Crippen molar-refractivity contribution in [1.82, 2.24) is 4.72 Å². The maximum Gasteiger partial charge on any atom is 0.250 e. The highest BCUT2D eigenvalue weighted by molar-refractivity contribution is 7.91. The Labute approximate surface area is 121 Å². The van der Waals surface area contributed by atoms with Crippen LogP contribution >= 0.6 is 22.9 Å². The third kappa shape index (κ3) is 3.94. The Bertz CT molecular complexity index is 626. The second kappa shape index (κ2) is 6.38. The van der Waals surface area contributed by atoms with E-state index in [1.54, 1.807) is 41.8 Å². The molecule has 19 heavy (non-hydrogen) atoms. The van der Waals surface area contributed by atoms with E-state index in [1.165, 1.54) is 11.3 Å². The van der Waals surface area contributed by atoms with Crippen LogP contribution in [0, 0.1) is 0 Å². The van der Waals surface area contributed by atoms with Gasteiger partial charge >= 0.3 is 0 Å². The topological polar surface area (TPSA) is 55.4 Å². The van der Waals surface area contributed by atoms with Gasteiger partial charge in [-0.1, -0.05) is 29.8 Å². The van der Waals surface area contributed by atoms with Crippen molar-refractivity contribution in [3.8, 4) is 5.75 Å². The summed E-state index contributed by atoms with van der Waals surface area (Å²) in [6.07, 6.45) is 0. The van der Waals surface area contributed by atoms with Gasteiger partial charge in [0.05, 0.1) is 5.02 Å². The van der Waals surface area contributed by atoms with Gasteiger partial charge in [-0.3, -0.25) is 0 Å². The second-order valence-corrected chi connectivity index (χ2v) is 6.96. The first-order chi connectivity index (χ1) is 9.09. The predicted octanol–water partition coefficient (Wildman–Crippen LogP) is 2.76. The summed E-state index contributed by atoms with van der Waals surface area (Å²) in [5.41, 5.74) is 0. The van der Waals surface area contributed by atoms with E-state index >= 15 is 0 Å². The van der Waals surface area contributed by atoms with Crippen LogP contribution in [-0.2, 0) is 10.0 Å². The molecule has 0 saturated heterocycles. The molecule has 0 aliphatic carbocycles. The van der Waals surface area contributed by atoms with E-state index in [4.69, 9.17) is 16.3 Å². The van der Waals surface area contributed by atoms with E-state index in [2.05, 4.69) is 4.72 Å². The van der Waals surface area contributed by atoms with Crippen LogP contribution in [-0.4, -0.2) is 21.6 Å². The van der Waals surface area contributed by atoms with Crippen LogP contribution in [0.3, 0.4) is 0 Å². The van der Waals surface area contributed by atoms with E-state index in [0.29, 0.717) is 15.0 Å². The number of rotatable bonds is 6. The molecule has 0 saturated carbocycles. The van der Waals surface area contributed by atoms with Crippen molar-refractivity contribution in [2.24, 2.45) is 0 Å². The lowest BCUT2D eigenvalue weighted by Crippen LogP contribution is -2.27. The van der Waals surface area contributed by atoms with Crippen molar-refractivity contribution < 1.29 is 13.2 Å². The third-order valence-corrected chi connectivity index (χ3v) is 5.42. The zero-order chi connectivity index (χ0) is 13.7. The lowest BCUT2D eigenvalue weighted by molar-refractivity contribution is 0.323. The van der Waals surface area contributed by atoms with E-state index < -0.39 is 10.0 Å². The molecule has 0 aliphatic heterocycles. The van der Waals surface area contributed by atoms with Gasteiger partial charge < -0.3 is 4.74 Å². The minimum Gasteiger partial charge on any atom is -0.491 e. The number of hydrogen-bond acceptors (Lipinski definition) is 4. The monoisotopic (exact) mass is 317 g/mol. The predicted molar refractivity (Wildman–Crippen MR) is 76.5 cm³/mol. The average molecular weight is 318 g/mol. The molecule has 1 heterocycles. The van der Waals surface area contributed by atoms with Gasteiger partial charge in [-0.15, -0.1) is 11.3 Å². The number of halogens is 1. The molecular weight excluding hydrogens is 306 g/mol. The summed E-state index contributed by atoms with van der Waals surface area (Å²) in [7, 11) is -3.43. The van der Waals surface area contributed by atoms with Crippen molar-refractivity contribution in [3.63, 3.8) is 0 Å². The maximum atomic E-state index is 11.8. The van der Waals surface area contributed by atoms with Gasteiger partial charge in [0.15, 0.2) is 0 Å². The summed E-state index contributed by atoms with van der Waals surface area (Å²) in [4.78, 5) is 0. The normalized spacial score (nSPS) is 11.4. The number of hydrogen-bond donors (Lipinski definition) is 1. The fourth-order valence-electron chi connectivity index (χ4n) is 1.39. The van der Waals surface area contributed by atoms with Crippen LogP contribution in [0.4, 0.5) is 0 Å². The molecule has 0 spiro atoms. The van der Waals surface area contributed by atoms with E-state index in [0.717, 1.165) is 0 Å². The molecule has 1 N–H and O–H groups in total. The molecule has 7 heteroatoms. The molecule has 4 nitrogen and oxygen atoms in total. The number of benzene rings is 1. The summed E-state index contributed by atoms with van der Waals surface area (Å²) in [6.45, 7) is 0.403. The van der Waals surface area contributed by atoms with Gasteiger partial charge in [0.1, 0.15) is 16.6 Å². The number of nitrogens with one attached hydrogen (secondary N) is 1. The number of thiophene rings is 1. The first-order valence-corrected chi connectivity index (χ1v) is 8.24. The van der Waals surface area contributed by atoms with Gasteiger partial charge in [0.2, 0.25) is 10.0 Å². The quantitative estimate of drug-likeness (QED) is 0.833. The first kappa shape index (κ1) is 14.3. The molecule has 1 aromatic carbocycles. The summed E-state index contributed by atoms with van der Waals surface area (Å²) in [5, 5.41) is 2.22. The standard InChI is InChI=1S/C12H12ClNO3S2/c13-10-4-1-2-5-11(10)17-8-7-14-19(15,16)12-6-3-9-18-12/h1-6,9,14H,7-8H2. The average Bonchev–Trinajstić information content (AvgIpc) is 2.91. The highest BCUT2D eigenvalue weighted by Crippen LogP contribution is 2.22. The van der Waals surface area contributed by atoms with Gasteiger partial charge in [-0.25, -0.2) is 13.1 Å². The lowest BCUT2D eigenvalue weighted by atomic mass is 10.3. The van der Waals surface area contributed by atoms with Gasteiger partial charge in [-0.2, -0.15) is 0 Å². The Morgan fingerprint density at radius 2 is 2.00 bits per heavy atom. The summed E-state index contributed by atoms with van der Waals surface area (Å²) in [6, 6.07) is 10.3. The molecular formula is C12H12ClNO3S2. The second-order valence-electron chi connectivity index (χ2n) is 3.61. The van der Waals surface area contributed by atoms with Crippen molar-refractivity contribution in [1.29, 1.82) is 0 Å². The van der Waals surface area contributed by atoms with Crippen LogP contribution in [0.25, 0.3) is 0 Å². The zero-order valence-corrected chi connectivity index (χ0v) is 12.3. The summed E-state index contributed by atoms with van der Waals surface area (Å²) in [5.74, 6) is 0.541. The summed E-state index contributed by atoms with van der Waals surface area (Å²) < 4.78 is 31.7. The molecule has 102 valence electrons. The van der Waals surface area contributed by atoms with Crippen LogP contribution in [0.1, 0.15) is 0 Å². The van der Waals surface area contributed by atoms with E-state index in [1.807, 2.05) is 0 Å². The molecule has 2 aromatic rings. The molecule has 0 bridgehead atoms. The molecule has 1 aromatic heterocycles. The van der Waals surface area contributed by atoms with Crippen LogP contribution in [0.2, 0.25) is 5.02 Å². The Kier molecular flexibility index (Phi) is 4.81. The van der Waals surface area contributed by atoms with Crippen LogP contribution in [0.5, 0.6) is 5.75 Å². The van der Waals surface area contributed by atoms with Crippen LogP contribution in [0.15, 0.2) is 46.0 Å². The molecule has 0 atom stereocenters. The zero-order valence-electron chi connectivity index (χ0n) is 9.87.